The number of thiocarbonyl (C=S) groups is 1. The molecular formula is C18H29N4O2S+. The second kappa shape index (κ2) is 10.3. The minimum Gasteiger partial charge on any atom is -0.496 e. The third-order valence-electron chi connectivity index (χ3n) is 4.37. The topological polar surface area (TPSA) is 59.3 Å². The first-order valence-corrected chi connectivity index (χ1v) is 9.12. The van der Waals surface area contributed by atoms with Gasteiger partial charge in [0.1, 0.15) is 12.3 Å². The van der Waals surface area contributed by atoms with Gasteiger partial charge >= 0.3 is 0 Å². The molecule has 6 nitrogen and oxygen atoms in total. The Morgan fingerprint density at radius 2 is 2.04 bits per heavy atom. The lowest BCUT2D eigenvalue weighted by atomic mass is 10.1. The van der Waals surface area contributed by atoms with Gasteiger partial charge in [0.2, 0.25) is 0 Å². The molecule has 25 heavy (non-hydrogen) atoms. The molecule has 0 aliphatic carbocycles. The largest absolute Gasteiger partial charge is 0.496 e. The van der Waals surface area contributed by atoms with Crippen LogP contribution in [0.2, 0.25) is 0 Å². The summed E-state index contributed by atoms with van der Waals surface area (Å²) < 4.78 is 10.5. The van der Waals surface area contributed by atoms with E-state index in [0.29, 0.717) is 18.3 Å². The van der Waals surface area contributed by atoms with E-state index in [1.807, 2.05) is 19.1 Å². The van der Waals surface area contributed by atoms with E-state index in [1.54, 1.807) is 19.1 Å². The number of benzene rings is 1. The average Bonchev–Trinajstić information content (AvgIpc) is 3.13. The van der Waals surface area contributed by atoms with Crippen LogP contribution in [-0.4, -0.2) is 51.3 Å². The smallest absolute Gasteiger partial charge is 0.187 e. The van der Waals surface area contributed by atoms with Crippen molar-refractivity contribution < 1.29 is 14.4 Å². The number of quaternary nitrogens is 1. The van der Waals surface area contributed by atoms with E-state index in [9.17, 15) is 0 Å². The lowest BCUT2D eigenvalue weighted by Gasteiger charge is -2.16. The first-order valence-electron chi connectivity index (χ1n) is 8.72. The van der Waals surface area contributed by atoms with Gasteiger partial charge in [0.05, 0.1) is 32.5 Å². The number of hydrogen-bond acceptors (Lipinski definition) is 4. The van der Waals surface area contributed by atoms with Crippen LogP contribution in [0.25, 0.3) is 0 Å². The van der Waals surface area contributed by atoms with Crippen LogP contribution in [0.4, 0.5) is 0 Å². The van der Waals surface area contributed by atoms with Gasteiger partial charge in [-0.3, -0.25) is 5.43 Å². The number of rotatable bonds is 8. The lowest BCUT2D eigenvalue weighted by Crippen LogP contribution is -3.08. The van der Waals surface area contributed by atoms with Crippen LogP contribution in [0.3, 0.4) is 0 Å². The molecular weight excluding hydrogens is 336 g/mol. The van der Waals surface area contributed by atoms with E-state index >= 15 is 0 Å². The third-order valence-corrected chi connectivity index (χ3v) is 4.60. The fraction of sp³-hybridized carbons (Fsp3) is 0.556. The lowest BCUT2D eigenvalue weighted by molar-refractivity contribution is -0.901. The molecule has 3 N–H and O–H groups in total. The third kappa shape index (κ3) is 6.26. The minimum absolute atomic E-state index is 0.492. The normalized spacial score (nSPS) is 15.2. The van der Waals surface area contributed by atoms with Crippen LogP contribution in [0.1, 0.15) is 30.9 Å². The number of likely N-dealkylation sites (tertiary alicyclic amines) is 1. The molecule has 0 atom stereocenters. The summed E-state index contributed by atoms with van der Waals surface area (Å²) in [6.45, 7) is 6.70. The fourth-order valence-electron chi connectivity index (χ4n) is 2.97. The Balaban J connectivity index is 2.01. The van der Waals surface area contributed by atoms with Gasteiger partial charge in [-0.05, 0) is 42.9 Å². The summed E-state index contributed by atoms with van der Waals surface area (Å²) in [5, 5.41) is 7.90. The molecule has 1 heterocycles. The highest BCUT2D eigenvalue weighted by molar-refractivity contribution is 7.80. The predicted molar refractivity (Wildman–Crippen MR) is 104 cm³/mol. The molecule has 2 rings (SSSR count). The standard InChI is InChI=1S/C18H28N4O2S/c1-14(20-21-18(25)19-8-11-23-2)15-6-7-17(24-3)16(12-15)13-22-9-4-5-10-22/h6-7,12H,4-5,8-11,13H2,1-3H3,(H2,19,21,25)/p+1/b20-14-. The summed E-state index contributed by atoms with van der Waals surface area (Å²) in [4.78, 5) is 1.62. The quantitative estimate of drug-likeness (QED) is 0.274. The van der Waals surface area contributed by atoms with Crippen molar-refractivity contribution in [2.45, 2.75) is 26.3 Å². The number of ether oxygens (including phenoxy) is 2. The van der Waals surface area contributed by atoms with E-state index in [-0.39, 0.29) is 0 Å². The van der Waals surface area contributed by atoms with Gasteiger partial charge in [0, 0.05) is 32.1 Å². The zero-order chi connectivity index (χ0) is 18.1. The summed E-state index contributed by atoms with van der Waals surface area (Å²) in [5.41, 5.74) is 6.06. The second-order valence-corrected chi connectivity index (χ2v) is 6.63. The molecule has 0 saturated carbocycles. The van der Waals surface area contributed by atoms with Crippen molar-refractivity contribution >= 4 is 23.0 Å². The molecule has 0 aromatic heterocycles. The highest BCUT2D eigenvalue weighted by Crippen LogP contribution is 2.20. The molecule has 0 unspecified atom stereocenters. The van der Waals surface area contributed by atoms with Crippen LogP contribution in [-0.2, 0) is 11.3 Å². The van der Waals surface area contributed by atoms with Crippen LogP contribution in [0.5, 0.6) is 5.75 Å². The molecule has 1 fully saturated rings. The van der Waals surface area contributed by atoms with Gasteiger partial charge in [-0.15, -0.1) is 0 Å². The van der Waals surface area contributed by atoms with E-state index in [1.165, 1.54) is 31.5 Å². The van der Waals surface area contributed by atoms with Gasteiger partial charge < -0.3 is 19.7 Å². The molecule has 1 saturated heterocycles. The zero-order valence-electron chi connectivity index (χ0n) is 15.4. The van der Waals surface area contributed by atoms with Crippen LogP contribution >= 0.6 is 12.2 Å². The minimum atomic E-state index is 0.492. The number of methoxy groups -OCH3 is 2. The van der Waals surface area contributed by atoms with Crippen LogP contribution in [0, 0.1) is 0 Å². The second-order valence-electron chi connectivity index (χ2n) is 6.22. The molecule has 138 valence electrons. The highest BCUT2D eigenvalue weighted by atomic mass is 32.1. The molecule has 1 aromatic rings. The molecule has 1 aromatic carbocycles. The summed E-state index contributed by atoms with van der Waals surface area (Å²) in [6, 6.07) is 6.23. The average molecular weight is 366 g/mol. The summed E-state index contributed by atoms with van der Waals surface area (Å²) >= 11 is 5.19. The van der Waals surface area contributed by atoms with E-state index < -0.39 is 0 Å². The Hall–Kier alpha value is -1.70. The number of nitrogens with zero attached hydrogens (tertiary/aromatic N) is 1. The zero-order valence-corrected chi connectivity index (χ0v) is 16.2. The maximum absolute atomic E-state index is 5.53. The van der Waals surface area contributed by atoms with E-state index in [4.69, 9.17) is 21.7 Å². The Labute approximate surface area is 155 Å². The van der Waals surface area contributed by atoms with Crippen LogP contribution in [0.15, 0.2) is 23.3 Å². The van der Waals surface area contributed by atoms with E-state index in [0.717, 1.165) is 23.6 Å². The SMILES string of the molecule is COCCNC(=S)N/N=C(/C)c1ccc(OC)c(C[NH+]2CCCC2)c1. The summed E-state index contributed by atoms with van der Waals surface area (Å²) in [6.07, 6.45) is 2.63. The molecule has 0 bridgehead atoms. The Bertz CT molecular complexity index is 601. The predicted octanol–water partition coefficient (Wildman–Crippen LogP) is 0.708. The van der Waals surface area contributed by atoms with Crippen molar-refractivity contribution in [3.63, 3.8) is 0 Å². The number of hydrogen-bond donors (Lipinski definition) is 3. The van der Waals surface area contributed by atoms with Gasteiger partial charge in [-0.25, -0.2) is 0 Å². The molecule has 0 amide bonds. The van der Waals surface area contributed by atoms with Gasteiger partial charge in [0.15, 0.2) is 5.11 Å². The molecule has 1 aliphatic heterocycles. The maximum Gasteiger partial charge on any atom is 0.187 e. The number of nitrogens with one attached hydrogen (secondary N) is 3. The Kier molecular flexibility index (Phi) is 8.11. The highest BCUT2D eigenvalue weighted by Gasteiger charge is 2.18. The molecule has 0 radical (unpaired) electrons. The monoisotopic (exact) mass is 365 g/mol. The van der Waals surface area contributed by atoms with Gasteiger partial charge in [0.25, 0.3) is 0 Å². The first-order chi connectivity index (χ1) is 12.1. The Morgan fingerprint density at radius 1 is 1.28 bits per heavy atom. The van der Waals surface area contributed by atoms with Gasteiger partial charge in [-0.2, -0.15) is 5.10 Å². The van der Waals surface area contributed by atoms with Crippen molar-refractivity contribution in [1.82, 2.24) is 10.7 Å². The van der Waals surface area contributed by atoms with Gasteiger partial charge in [-0.1, -0.05) is 0 Å². The maximum atomic E-state index is 5.53. The fourth-order valence-corrected chi connectivity index (χ4v) is 3.12. The molecule has 0 spiro atoms. The summed E-state index contributed by atoms with van der Waals surface area (Å²) in [7, 11) is 3.38. The van der Waals surface area contributed by atoms with Crippen molar-refractivity contribution in [1.29, 1.82) is 0 Å². The molecule has 7 heteroatoms. The van der Waals surface area contributed by atoms with Crippen LogP contribution < -0.4 is 20.4 Å². The number of hydrazone groups is 1. The van der Waals surface area contributed by atoms with Crippen molar-refractivity contribution in [2.24, 2.45) is 5.10 Å². The van der Waals surface area contributed by atoms with Crippen molar-refractivity contribution in [3.05, 3.63) is 29.3 Å². The summed E-state index contributed by atoms with van der Waals surface area (Å²) in [5.74, 6) is 0.945. The Morgan fingerprint density at radius 3 is 2.72 bits per heavy atom. The van der Waals surface area contributed by atoms with Crippen molar-refractivity contribution in [3.8, 4) is 5.75 Å². The van der Waals surface area contributed by atoms with Crippen molar-refractivity contribution in [2.75, 3.05) is 40.5 Å². The van der Waals surface area contributed by atoms with E-state index in [2.05, 4.69) is 21.9 Å². The first kappa shape index (κ1) is 19.6. The molecule has 1 aliphatic rings.